The van der Waals surface area contributed by atoms with Crippen molar-refractivity contribution in [3.8, 4) is 11.1 Å². The van der Waals surface area contributed by atoms with Gasteiger partial charge in [-0.2, -0.15) is 0 Å². The average Bonchev–Trinajstić information content (AvgIpc) is 2.70. The van der Waals surface area contributed by atoms with Gasteiger partial charge in [0.15, 0.2) is 0 Å². The summed E-state index contributed by atoms with van der Waals surface area (Å²) < 4.78 is 27.0. The molecule has 1 atom stereocenters. The first-order valence-corrected chi connectivity index (χ1v) is 11.4. The van der Waals surface area contributed by atoms with E-state index in [0.717, 1.165) is 53.6 Å². The smallest absolute Gasteiger partial charge is 0.227 e. The highest BCUT2D eigenvalue weighted by molar-refractivity contribution is 7.89. The molecule has 2 aliphatic rings. The van der Waals surface area contributed by atoms with Crippen molar-refractivity contribution in [3.63, 3.8) is 0 Å². The van der Waals surface area contributed by atoms with Gasteiger partial charge in [0, 0.05) is 43.2 Å². The van der Waals surface area contributed by atoms with Crippen LogP contribution in [0.5, 0.6) is 0 Å². The van der Waals surface area contributed by atoms with Gasteiger partial charge in [0.1, 0.15) is 0 Å². The van der Waals surface area contributed by atoms with Gasteiger partial charge in [-0.1, -0.05) is 6.07 Å². The summed E-state index contributed by atoms with van der Waals surface area (Å²) in [7, 11) is -1.46. The fourth-order valence-corrected chi connectivity index (χ4v) is 5.06. The second-order valence-corrected chi connectivity index (χ2v) is 9.56. The quantitative estimate of drug-likeness (QED) is 0.857. The highest BCUT2D eigenvalue weighted by Crippen LogP contribution is 2.38. The number of carbonyl (C=O) groups excluding carboxylic acids is 1. The van der Waals surface area contributed by atoms with Crippen LogP contribution in [-0.2, 0) is 27.7 Å². The predicted molar refractivity (Wildman–Crippen MR) is 110 cm³/mol. The lowest BCUT2D eigenvalue weighted by atomic mass is 9.84. The van der Waals surface area contributed by atoms with E-state index in [-0.39, 0.29) is 17.7 Å². The van der Waals surface area contributed by atoms with Crippen molar-refractivity contribution in [1.29, 1.82) is 0 Å². The summed E-state index contributed by atoms with van der Waals surface area (Å²) in [4.78, 5) is 18.1. The summed E-state index contributed by atoms with van der Waals surface area (Å²) in [6.07, 6.45) is 7.57. The molecule has 148 valence electrons. The Morgan fingerprint density at radius 2 is 2.04 bits per heavy atom. The number of sulfonamides is 1. The summed E-state index contributed by atoms with van der Waals surface area (Å²) in [6.45, 7) is 1.65. The summed E-state index contributed by atoms with van der Waals surface area (Å²) in [6, 6.07) is 5.96. The molecule has 0 saturated carbocycles. The molecule has 1 aromatic carbocycles. The molecule has 2 heterocycles. The van der Waals surface area contributed by atoms with Crippen molar-refractivity contribution < 1.29 is 13.2 Å². The highest BCUT2D eigenvalue weighted by atomic mass is 32.2. The molecule has 1 unspecified atom stereocenters. The zero-order valence-electron chi connectivity index (χ0n) is 16.2. The number of hydrogen-bond donors (Lipinski definition) is 1. The normalized spacial score (nSPS) is 19.3. The molecule has 1 N–H and O–H groups in total. The Hall–Kier alpha value is -2.25. The summed E-state index contributed by atoms with van der Waals surface area (Å²) in [5.74, 6) is 0.216. The number of anilines is 1. The maximum absolute atomic E-state index is 12.1. The van der Waals surface area contributed by atoms with Crippen molar-refractivity contribution >= 4 is 21.6 Å². The first-order valence-electron chi connectivity index (χ1n) is 9.76. The molecular weight excluding hydrogens is 374 g/mol. The lowest BCUT2D eigenvalue weighted by molar-refractivity contribution is -0.118. The molecule has 7 heteroatoms. The van der Waals surface area contributed by atoms with Gasteiger partial charge in [-0.25, -0.2) is 13.1 Å². The Morgan fingerprint density at radius 3 is 2.82 bits per heavy atom. The van der Waals surface area contributed by atoms with Gasteiger partial charge in [-0.3, -0.25) is 9.78 Å². The molecule has 0 saturated heterocycles. The molecule has 1 aliphatic carbocycles. The van der Waals surface area contributed by atoms with Crippen LogP contribution in [0, 0.1) is 0 Å². The molecule has 2 aromatic rings. The van der Waals surface area contributed by atoms with Crippen molar-refractivity contribution in [2.45, 2.75) is 45.1 Å². The van der Waals surface area contributed by atoms with E-state index in [1.54, 1.807) is 18.0 Å². The van der Waals surface area contributed by atoms with Crippen molar-refractivity contribution in [2.24, 2.45) is 0 Å². The van der Waals surface area contributed by atoms with E-state index >= 15 is 0 Å². The molecule has 0 radical (unpaired) electrons. The SMILES string of the molecule is CCS(=O)(=O)NC1CCCc2c(-c3ccc4c(c3)CCC(=O)N4C)cncc21. The van der Waals surface area contributed by atoms with Gasteiger partial charge in [-0.15, -0.1) is 0 Å². The first-order chi connectivity index (χ1) is 13.4. The number of nitrogens with zero attached hydrogens (tertiary/aromatic N) is 2. The third-order valence-corrected chi connectivity index (χ3v) is 7.23. The molecule has 6 nitrogen and oxygen atoms in total. The Kier molecular flexibility index (Phi) is 4.97. The Bertz CT molecular complexity index is 1030. The third kappa shape index (κ3) is 3.44. The molecular formula is C21H25N3O3S. The molecule has 0 fully saturated rings. The number of pyridine rings is 1. The maximum atomic E-state index is 12.1. The van der Waals surface area contributed by atoms with E-state index < -0.39 is 10.0 Å². The van der Waals surface area contributed by atoms with Crippen LogP contribution < -0.4 is 9.62 Å². The van der Waals surface area contributed by atoms with E-state index in [2.05, 4.69) is 15.8 Å². The number of amides is 1. The van der Waals surface area contributed by atoms with Crippen LogP contribution in [0.15, 0.2) is 30.6 Å². The Balaban J connectivity index is 1.74. The van der Waals surface area contributed by atoms with Crippen LogP contribution in [0.25, 0.3) is 11.1 Å². The molecule has 0 spiro atoms. The number of aromatic nitrogens is 1. The number of benzene rings is 1. The summed E-state index contributed by atoms with van der Waals surface area (Å²) in [5, 5.41) is 0. The number of rotatable bonds is 4. The van der Waals surface area contributed by atoms with Gasteiger partial charge >= 0.3 is 0 Å². The second-order valence-electron chi connectivity index (χ2n) is 7.52. The van der Waals surface area contributed by atoms with Crippen LogP contribution in [0.3, 0.4) is 0 Å². The number of fused-ring (bicyclic) bond motifs is 2. The maximum Gasteiger partial charge on any atom is 0.227 e. The lowest BCUT2D eigenvalue weighted by Crippen LogP contribution is -2.32. The van der Waals surface area contributed by atoms with Gasteiger partial charge in [-0.05, 0) is 67.0 Å². The van der Waals surface area contributed by atoms with Gasteiger partial charge in [0.05, 0.1) is 5.75 Å². The number of aryl methyl sites for hydroxylation is 1. The molecule has 1 aromatic heterocycles. The Labute approximate surface area is 166 Å². The van der Waals surface area contributed by atoms with Crippen molar-refractivity contribution in [1.82, 2.24) is 9.71 Å². The molecule has 28 heavy (non-hydrogen) atoms. The van der Waals surface area contributed by atoms with Crippen LogP contribution >= 0.6 is 0 Å². The topological polar surface area (TPSA) is 79.4 Å². The van der Waals surface area contributed by atoms with Crippen LogP contribution in [0.4, 0.5) is 5.69 Å². The zero-order chi connectivity index (χ0) is 19.9. The van der Waals surface area contributed by atoms with Gasteiger partial charge in [0.25, 0.3) is 0 Å². The molecule has 1 aliphatic heterocycles. The van der Waals surface area contributed by atoms with E-state index in [1.807, 2.05) is 25.4 Å². The fourth-order valence-electron chi connectivity index (χ4n) is 4.22. The van der Waals surface area contributed by atoms with Gasteiger partial charge in [0.2, 0.25) is 15.9 Å². The molecule has 4 rings (SSSR count). The van der Waals surface area contributed by atoms with E-state index in [4.69, 9.17) is 0 Å². The summed E-state index contributed by atoms with van der Waals surface area (Å²) in [5.41, 5.74) is 6.41. The standard InChI is InChI=1S/C21H25N3O3S/c1-3-28(26,27)23-19-6-4-5-16-17(12-22-13-18(16)19)14-7-9-20-15(11-14)8-10-21(25)24(20)2/h7,9,11-13,19,23H,3-6,8,10H2,1-2H3. The van der Waals surface area contributed by atoms with E-state index in [1.165, 1.54) is 5.56 Å². The fraction of sp³-hybridized carbons (Fsp3) is 0.429. The second kappa shape index (κ2) is 7.29. The highest BCUT2D eigenvalue weighted by Gasteiger charge is 2.27. The zero-order valence-corrected chi connectivity index (χ0v) is 17.1. The van der Waals surface area contributed by atoms with E-state index in [0.29, 0.717) is 6.42 Å². The molecule has 1 amide bonds. The Morgan fingerprint density at radius 1 is 1.21 bits per heavy atom. The summed E-state index contributed by atoms with van der Waals surface area (Å²) >= 11 is 0. The molecule has 0 bridgehead atoms. The number of carbonyl (C=O) groups is 1. The monoisotopic (exact) mass is 399 g/mol. The minimum atomic E-state index is -3.28. The number of nitrogens with one attached hydrogen (secondary N) is 1. The number of hydrogen-bond acceptors (Lipinski definition) is 4. The van der Waals surface area contributed by atoms with Crippen LogP contribution in [0.1, 0.15) is 48.9 Å². The van der Waals surface area contributed by atoms with Crippen LogP contribution in [-0.4, -0.2) is 32.1 Å². The minimum Gasteiger partial charge on any atom is -0.315 e. The van der Waals surface area contributed by atoms with E-state index in [9.17, 15) is 13.2 Å². The van der Waals surface area contributed by atoms with Crippen molar-refractivity contribution in [2.75, 3.05) is 17.7 Å². The lowest BCUT2D eigenvalue weighted by Gasteiger charge is -2.29. The van der Waals surface area contributed by atoms with Crippen LogP contribution in [0.2, 0.25) is 0 Å². The minimum absolute atomic E-state index is 0.0724. The van der Waals surface area contributed by atoms with Gasteiger partial charge < -0.3 is 4.90 Å². The predicted octanol–water partition coefficient (Wildman–Crippen LogP) is 2.97. The van der Waals surface area contributed by atoms with Crippen molar-refractivity contribution in [3.05, 3.63) is 47.3 Å². The first kappa shape index (κ1) is 19.1. The average molecular weight is 400 g/mol. The largest absolute Gasteiger partial charge is 0.315 e. The third-order valence-electron chi connectivity index (χ3n) is 5.82.